The van der Waals surface area contributed by atoms with Gasteiger partial charge in [0.15, 0.2) is 0 Å². The van der Waals surface area contributed by atoms with Crippen molar-refractivity contribution in [1.82, 2.24) is 0 Å². The topological polar surface area (TPSA) is 55.8 Å². The predicted molar refractivity (Wildman–Crippen MR) is 78.4 cm³/mol. The lowest BCUT2D eigenvalue weighted by Crippen LogP contribution is -2.41. The van der Waals surface area contributed by atoms with Crippen LogP contribution in [0.5, 0.6) is 0 Å². The van der Waals surface area contributed by atoms with Gasteiger partial charge in [0, 0.05) is 0 Å². The summed E-state index contributed by atoms with van der Waals surface area (Å²) < 4.78 is 25.8. The lowest BCUT2D eigenvalue weighted by Gasteiger charge is -2.39. The molecule has 0 atom stereocenters. The maximum atomic E-state index is 14.5. The molecule has 0 aromatic carbocycles. The van der Waals surface area contributed by atoms with Gasteiger partial charge in [0.2, 0.25) is 0 Å². The van der Waals surface area contributed by atoms with Crippen LogP contribution < -0.4 is 0 Å². The largest absolute Gasteiger partial charge is 0.525 e. The number of carboxylic acids is 1. The van der Waals surface area contributed by atoms with Crippen molar-refractivity contribution in [2.75, 3.05) is 0 Å². The first-order chi connectivity index (χ1) is 9.38. The molecule has 2 rings (SSSR count). The average molecular weight is 298 g/mol. The fourth-order valence-electron chi connectivity index (χ4n) is 2.53. The van der Waals surface area contributed by atoms with Crippen LogP contribution in [0.4, 0.5) is 4.39 Å². The molecule has 1 N–H and O–H groups in total. The summed E-state index contributed by atoms with van der Waals surface area (Å²) in [6.07, 6.45) is 0.907. The molecule has 1 aliphatic heterocycles. The van der Waals surface area contributed by atoms with E-state index in [9.17, 15) is 14.3 Å². The Hall–Kier alpha value is -0.875. The number of rotatable bonds is 3. The Morgan fingerprint density at radius 2 is 1.67 bits per heavy atom. The second kappa shape index (κ2) is 4.81. The van der Waals surface area contributed by atoms with Gasteiger partial charge < -0.3 is 14.4 Å². The van der Waals surface area contributed by atoms with E-state index in [2.05, 4.69) is 0 Å². The van der Waals surface area contributed by atoms with Crippen LogP contribution in [-0.4, -0.2) is 29.4 Å². The third kappa shape index (κ3) is 2.64. The molecule has 1 saturated carbocycles. The summed E-state index contributed by atoms with van der Waals surface area (Å²) in [5.41, 5.74) is -1.74. The van der Waals surface area contributed by atoms with E-state index in [1.165, 1.54) is 0 Å². The number of aliphatic carboxylic acids is 1. The average Bonchev–Trinajstić information content (AvgIpc) is 2.45. The number of halogens is 1. The predicted octanol–water partition coefficient (Wildman–Crippen LogP) is 3.36. The van der Waals surface area contributed by atoms with Gasteiger partial charge in [-0.3, -0.25) is 4.79 Å². The first kappa shape index (κ1) is 16.5. The molecule has 6 heteroatoms. The zero-order valence-corrected chi connectivity index (χ0v) is 13.6. The molecule has 0 amide bonds. The molecule has 1 heterocycles. The number of allylic oxidation sites excluding steroid dienone is 1. The van der Waals surface area contributed by atoms with Crippen molar-refractivity contribution >= 4 is 13.1 Å². The van der Waals surface area contributed by atoms with Gasteiger partial charge in [-0.25, -0.2) is 4.39 Å². The molecular weight excluding hydrogens is 274 g/mol. The van der Waals surface area contributed by atoms with Gasteiger partial charge in [0.1, 0.15) is 5.73 Å². The fourth-order valence-corrected chi connectivity index (χ4v) is 2.53. The van der Waals surface area contributed by atoms with Crippen LogP contribution in [-0.2, 0) is 14.1 Å². The Bertz CT molecular complexity index is 472. The Morgan fingerprint density at radius 1 is 1.24 bits per heavy atom. The van der Waals surface area contributed by atoms with Crippen molar-refractivity contribution in [2.24, 2.45) is 11.3 Å². The number of hydrogen-bond acceptors (Lipinski definition) is 3. The lowest BCUT2D eigenvalue weighted by atomic mass is 9.62. The second-order valence-corrected chi connectivity index (χ2v) is 7.67. The highest BCUT2D eigenvalue weighted by molar-refractivity contribution is 6.53. The molecule has 0 spiro atoms. The molecule has 0 aromatic rings. The van der Waals surface area contributed by atoms with Crippen LogP contribution in [0.3, 0.4) is 0 Å². The summed E-state index contributed by atoms with van der Waals surface area (Å²) in [5, 5.41) is 9.19. The van der Waals surface area contributed by atoms with Crippen molar-refractivity contribution in [2.45, 2.75) is 65.6 Å². The number of carbonyl (C=O) groups is 1. The quantitative estimate of drug-likeness (QED) is 0.812. The summed E-state index contributed by atoms with van der Waals surface area (Å²) in [5.74, 6) is -0.888. The van der Waals surface area contributed by atoms with Crippen LogP contribution in [0.1, 0.15) is 54.4 Å². The van der Waals surface area contributed by atoms with Gasteiger partial charge in [-0.15, -0.1) is 0 Å². The third-order valence-electron chi connectivity index (χ3n) is 5.36. The van der Waals surface area contributed by atoms with Crippen LogP contribution >= 0.6 is 0 Å². The normalized spacial score (nSPS) is 27.5. The highest BCUT2D eigenvalue weighted by Crippen LogP contribution is 2.48. The minimum atomic E-state index is -0.973. The molecule has 0 aromatic heterocycles. The van der Waals surface area contributed by atoms with Gasteiger partial charge in [-0.2, -0.15) is 0 Å². The van der Waals surface area contributed by atoms with Crippen LogP contribution in [0.25, 0.3) is 0 Å². The van der Waals surface area contributed by atoms with Crippen molar-refractivity contribution in [3.8, 4) is 0 Å². The molecule has 0 radical (unpaired) electrons. The Morgan fingerprint density at radius 3 is 2.05 bits per heavy atom. The van der Waals surface area contributed by atoms with E-state index in [4.69, 9.17) is 9.31 Å². The monoisotopic (exact) mass is 298 g/mol. The lowest BCUT2D eigenvalue weighted by molar-refractivity contribution is -0.151. The minimum Gasteiger partial charge on any atom is -0.481 e. The molecule has 0 bridgehead atoms. The smallest absolute Gasteiger partial charge is 0.481 e. The molecule has 1 saturated heterocycles. The van der Waals surface area contributed by atoms with Crippen LogP contribution in [0.15, 0.2) is 11.3 Å². The standard InChI is InChI=1S/C15H24BFO4/c1-13(2,12(18)19)10-7-9(8-10)11(17)16-20-14(3,4)15(5,6)21-16/h10H,7-8H2,1-6H3,(H,18,19). The van der Waals surface area contributed by atoms with Crippen molar-refractivity contribution < 1.29 is 23.6 Å². The first-order valence-corrected chi connectivity index (χ1v) is 7.35. The molecule has 2 fully saturated rings. The minimum absolute atomic E-state index is 0.0434. The summed E-state index contributed by atoms with van der Waals surface area (Å²) in [6.45, 7) is 10.9. The zero-order chi connectivity index (χ0) is 16.2. The van der Waals surface area contributed by atoms with E-state index in [0.29, 0.717) is 18.4 Å². The molecule has 0 unspecified atom stereocenters. The van der Waals surface area contributed by atoms with E-state index < -0.39 is 29.7 Å². The van der Waals surface area contributed by atoms with Gasteiger partial charge >= 0.3 is 13.1 Å². The Balaban J connectivity index is 2.07. The van der Waals surface area contributed by atoms with E-state index in [1.807, 2.05) is 27.7 Å². The van der Waals surface area contributed by atoms with Crippen molar-refractivity contribution in [1.29, 1.82) is 0 Å². The Labute approximate surface area is 125 Å². The molecule has 4 nitrogen and oxygen atoms in total. The van der Waals surface area contributed by atoms with Gasteiger partial charge in [-0.05, 0) is 65.9 Å². The van der Waals surface area contributed by atoms with E-state index >= 15 is 0 Å². The summed E-state index contributed by atoms with van der Waals surface area (Å²) in [7, 11) is -0.973. The number of carboxylic acid groups (broad SMARTS) is 1. The SMILES string of the molecule is CC(C)(C(=O)O)C1CC(=C(F)B2OC(C)(C)C(C)(C)O2)C1. The van der Waals surface area contributed by atoms with E-state index in [1.54, 1.807) is 13.8 Å². The maximum absolute atomic E-state index is 14.5. The Kier molecular flexibility index (Phi) is 3.78. The zero-order valence-electron chi connectivity index (χ0n) is 13.6. The van der Waals surface area contributed by atoms with Crippen LogP contribution in [0, 0.1) is 11.3 Å². The second-order valence-electron chi connectivity index (χ2n) is 7.67. The van der Waals surface area contributed by atoms with Crippen LogP contribution in [0.2, 0.25) is 0 Å². The van der Waals surface area contributed by atoms with Crippen molar-refractivity contribution in [3.63, 3.8) is 0 Å². The van der Waals surface area contributed by atoms with Gasteiger partial charge in [0.25, 0.3) is 0 Å². The van der Waals surface area contributed by atoms with Gasteiger partial charge in [0.05, 0.1) is 16.6 Å². The number of hydrogen-bond donors (Lipinski definition) is 1. The van der Waals surface area contributed by atoms with E-state index in [-0.39, 0.29) is 11.6 Å². The molecule has 118 valence electrons. The summed E-state index contributed by atoms with van der Waals surface area (Å²) in [6, 6.07) is 0. The van der Waals surface area contributed by atoms with Crippen molar-refractivity contribution in [3.05, 3.63) is 11.3 Å². The highest BCUT2D eigenvalue weighted by Gasteiger charge is 2.54. The first-order valence-electron chi connectivity index (χ1n) is 7.35. The third-order valence-corrected chi connectivity index (χ3v) is 5.36. The summed E-state index contributed by atoms with van der Waals surface area (Å²) in [4.78, 5) is 11.2. The fraction of sp³-hybridized carbons (Fsp3) is 0.800. The molecule has 2 aliphatic rings. The highest BCUT2D eigenvalue weighted by atomic mass is 19.1. The van der Waals surface area contributed by atoms with Gasteiger partial charge in [-0.1, -0.05) is 0 Å². The maximum Gasteiger partial charge on any atom is 0.525 e. The molecular formula is C15H24BFO4. The summed E-state index contributed by atoms with van der Waals surface area (Å²) >= 11 is 0. The molecule has 21 heavy (non-hydrogen) atoms. The molecule has 1 aliphatic carbocycles. The van der Waals surface area contributed by atoms with E-state index in [0.717, 1.165) is 0 Å².